The number of hydrogen-bond donors (Lipinski definition) is 0. The largest absolute Gasteiger partial charge is 0.0836 e. The molecule has 5 aromatic rings. The zero-order valence-corrected chi connectivity index (χ0v) is 32.8. The maximum absolute atomic E-state index is 7.38. The molecular weight excluding hydrogens is 639 g/mol. The Balaban J connectivity index is 2.31. The van der Waals surface area contributed by atoms with E-state index < -0.39 is 32.3 Å². The van der Waals surface area contributed by atoms with Gasteiger partial charge in [-0.25, -0.2) is 0 Å². The van der Waals surface area contributed by atoms with Gasteiger partial charge < -0.3 is 0 Å². The molecule has 0 aliphatic heterocycles. The molecule has 0 unspecified atom stereocenters. The molecule has 0 aliphatic rings. The van der Waals surface area contributed by atoms with E-state index in [-0.39, 0.29) is 0 Å². The first-order chi connectivity index (χ1) is 18.1. The fourth-order valence-corrected chi connectivity index (χ4v) is 14.6. The van der Waals surface area contributed by atoms with Crippen LogP contribution in [0.4, 0.5) is 0 Å². The van der Waals surface area contributed by atoms with Crippen LogP contribution in [0.15, 0.2) is 24.3 Å². The van der Waals surface area contributed by atoms with Gasteiger partial charge in [0.15, 0.2) is 0 Å². The highest BCUT2D eigenvalue weighted by molar-refractivity contribution is 6.96. The molecule has 0 fully saturated rings. The molecule has 0 amide bonds. The lowest BCUT2D eigenvalue weighted by molar-refractivity contribution is 1.70. The van der Waals surface area contributed by atoms with Gasteiger partial charge in [-0.05, 0) is 35.0 Å². The van der Waals surface area contributed by atoms with E-state index in [1.807, 2.05) is 0 Å². The topological polar surface area (TPSA) is 0 Å². The minimum atomic E-state index is -1.80. The molecule has 0 bridgehead atoms. The first kappa shape index (κ1) is 30.9. The van der Waals surface area contributed by atoms with E-state index in [4.69, 9.17) is 46.4 Å². The van der Waals surface area contributed by atoms with Crippen LogP contribution in [0.3, 0.4) is 0 Å². The normalized spacial score (nSPS) is 14.0. The molecule has 0 radical (unpaired) electrons. The summed E-state index contributed by atoms with van der Waals surface area (Å²) < 4.78 is 0. The third-order valence-electron chi connectivity index (χ3n) is 8.35. The van der Waals surface area contributed by atoms with Crippen LogP contribution in [0.25, 0.3) is 43.1 Å². The van der Waals surface area contributed by atoms with Gasteiger partial charge >= 0.3 is 0 Å². The van der Waals surface area contributed by atoms with Crippen molar-refractivity contribution in [1.82, 2.24) is 0 Å². The average Bonchev–Trinajstić information content (AvgIpc) is 2.77. The summed E-state index contributed by atoms with van der Waals surface area (Å²) in [5.41, 5.74) is 0. The molecule has 0 N–H and O–H groups in total. The van der Waals surface area contributed by atoms with Crippen LogP contribution >= 0.6 is 46.4 Å². The lowest BCUT2D eigenvalue weighted by Crippen LogP contribution is -2.46. The number of benzene rings is 5. The molecule has 0 atom stereocenters. The number of rotatable bonds is 4. The summed E-state index contributed by atoms with van der Waals surface area (Å²) in [4.78, 5) is 0. The Kier molecular flexibility index (Phi) is 7.30. The molecule has 40 heavy (non-hydrogen) atoms. The van der Waals surface area contributed by atoms with Gasteiger partial charge in [0.2, 0.25) is 0 Å². The SMILES string of the molecule is C[Si](C)(C)c1cc(Cl)c2c3c(Cl)cc([Si](C)(C)C)c4c([Si](C)(C)C)cc(Cl)c(c5c(Cl)cc([Si](C)(C)C)c1c25)c43. The predicted molar refractivity (Wildman–Crippen MR) is 200 cm³/mol. The van der Waals surface area contributed by atoms with Crippen molar-refractivity contribution in [3.05, 3.63) is 44.4 Å². The summed E-state index contributed by atoms with van der Waals surface area (Å²) in [7, 11) is -7.20. The summed E-state index contributed by atoms with van der Waals surface area (Å²) in [5.74, 6) is 0. The zero-order chi connectivity index (χ0) is 30.1. The maximum atomic E-state index is 7.38. The molecule has 8 heteroatoms. The standard InChI is InChI=1S/C32H40Cl4Si4/c1-37(2,3)21-13-17(33)25-27-19(35)15-23(39(7,8)9)30-24(40(10,11)12)16-20(36)28(32(27)30)26-18(34)14-22(38(4,5)6)29(21)31(25)26/h13-16H,1-12H3. The maximum Gasteiger partial charge on any atom is 0.0784 e. The van der Waals surface area contributed by atoms with E-state index in [0.717, 1.165) is 52.4 Å². The minimum Gasteiger partial charge on any atom is -0.0836 e. The molecule has 0 heterocycles. The second-order valence-corrected chi connectivity index (χ2v) is 37.4. The Morgan fingerprint density at radius 2 is 0.475 bits per heavy atom. The summed E-state index contributed by atoms with van der Waals surface area (Å²) in [6, 6.07) is 9.04. The molecule has 212 valence electrons. The molecule has 0 saturated carbocycles. The number of halogens is 4. The van der Waals surface area contributed by atoms with Crippen LogP contribution in [0.5, 0.6) is 0 Å². The Hall–Kier alpha value is -0.572. The third-order valence-corrected chi connectivity index (χ3v) is 17.6. The van der Waals surface area contributed by atoms with E-state index >= 15 is 0 Å². The highest BCUT2D eigenvalue weighted by Gasteiger charge is 2.34. The van der Waals surface area contributed by atoms with Crippen molar-refractivity contribution in [1.29, 1.82) is 0 Å². The first-order valence-corrected chi connectivity index (χ1v) is 29.6. The van der Waals surface area contributed by atoms with Crippen molar-refractivity contribution in [2.45, 2.75) is 78.6 Å². The van der Waals surface area contributed by atoms with Crippen molar-refractivity contribution in [2.75, 3.05) is 0 Å². The average molecular weight is 679 g/mol. The van der Waals surface area contributed by atoms with Crippen molar-refractivity contribution in [2.24, 2.45) is 0 Å². The van der Waals surface area contributed by atoms with Crippen LogP contribution in [-0.2, 0) is 0 Å². The lowest BCUT2D eigenvalue weighted by atomic mass is 9.89. The molecule has 5 aromatic carbocycles. The second kappa shape index (κ2) is 9.46. The smallest absolute Gasteiger partial charge is 0.0784 e. The van der Waals surface area contributed by atoms with Gasteiger partial charge in [-0.15, -0.1) is 0 Å². The summed E-state index contributed by atoms with van der Waals surface area (Å²) in [6.07, 6.45) is 0. The van der Waals surface area contributed by atoms with Gasteiger partial charge in [0.05, 0.1) is 32.3 Å². The highest BCUT2D eigenvalue weighted by Crippen LogP contribution is 2.49. The van der Waals surface area contributed by atoms with Crippen LogP contribution in [-0.4, -0.2) is 32.3 Å². The van der Waals surface area contributed by atoms with Crippen LogP contribution in [0.2, 0.25) is 98.7 Å². The molecule has 0 saturated heterocycles. The second-order valence-electron chi connectivity index (χ2n) is 15.6. The van der Waals surface area contributed by atoms with Gasteiger partial charge in [0.25, 0.3) is 0 Å². The van der Waals surface area contributed by atoms with Crippen molar-refractivity contribution in [3.8, 4) is 0 Å². The van der Waals surface area contributed by atoms with Crippen molar-refractivity contribution < 1.29 is 0 Å². The minimum absolute atomic E-state index is 0.763. The van der Waals surface area contributed by atoms with Crippen molar-refractivity contribution >= 4 is 143 Å². The van der Waals surface area contributed by atoms with Gasteiger partial charge in [-0.3, -0.25) is 0 Å². The number of hydrogen-bond acceptors (Lipinski definition) is 0. The molecule has 0 aromatic heterocycles. The van der Waals surface area contributed by atoms with Crippen molar-refractivity contribution in [3.63, 3.8) is 0 Å². The van der Waals surface area contributed by atoms with Crippen LogP contribution in [0.1, 0.15) is 0 Å². The number of fused-ring (bicyclic) bond motifs is 2. The summed E-state index contributed by atoms with van der Waals surface area (Å²) in [5, 5.41) is 17.7. The molecule has 5 rings (SSSR count). The molecular formula is C32H40Cl4Si4. The zero-order valence-electron chi connectivity index (χ0n) is 25.8. The van der Waals surface area contributed by atoms with Crippen LogP contribution in [0, 0.1) is 0 Å². The third kappa shape index (κ3) is 4.64. The lowest BCUT2D eigenvalue weighted by Gasteiger charge is -2.32. The monoisotopic (exact) mass is 676 g/mol. The summed E-state index contributed by atoms with van der Waals surface area (Å²) >= 11 is 29.5. The molecule has 0 aliphatic carbocycles. The van der Waals surface area contributed by atoms with E-state index in [9.17, 15) is 0 Å². The van der Waals surface area contributed by atoms with Gasteiger partial charge in [-0.1, -0.05) is 146 Å². The van der Waals surface area contributed by atoms with E-state index in [0.29, 0.717) is 0 Å². The quantitative estimate of drug-likeness (QED) is 0.101. The first-order valence-electron chi connectivity index (χ1n) is 14.1. The Morgan fingerprint density at radius 3 is 0.625 bits per heavy atom. The van der Waals surface area contributed by atoms with E-state index in [2.05, 4.69) is 103 Å². The fourth-order valence-electron chi connectivity index (χ4n) is 6.48. The Bertz CT molecular complexity index is 1600. The van der Waals surface area contributed by atoms with E-state index in [1.165, 1.54) is 31.5 Å². The van der Waals surface area contributed by atoms with Gasteiger partial charge in [0, 0.05) is 52.4 Å². The molecule has 0 spiro atoms. The predicted octanol–water partition coefficient (Wildman–Crippen LogP) is 10.5. The van der Waals surface area contributed by atoms with Gasteiger partial charge in [-0.2, -0.15) is 0 Å². The Labute approximate surface area is 263 Å². The Morgan fingerprint density at radius 1 is 0.300 bits per heavy atom. The van der Waals surface area contributed by atoms with Crippen LogP contribution < -0.4 is 20.7 Å². The molecule has 0 nitrogen and oxygen atoms in total. The van der Waals surface area contributed by atoms with Gasteiger partial charge in [0.1, 0.15) is 0 Å². The highest BCUT2D eigenvalue weighted by atomic mass is 35.5. The summed E-state index contributed by atoms with van der Waals surface area (Å²) in [6.45, 7) is 28.8. The fraction of sp³-hybridized carbons (Fsp3) is 0.375. The van der Waals surface area contributed by atoms with E-state index in [1.54, 1.807) is 0 Å².